The first-order valence-corrected chi connectivity index (χ1v) is 5.04. The van der Waals surface area contributed by atoms with Crippen LogP contribution in [0, 0.1) is 0 Å². The Labute approximate surface area is 80.6 Å². The summed E-state index contributed by atoms with van der Waals surface area (Å²) >= 11 is 0. The molecule has 0 aromatic heterocycles. The Kier molecular flexibility index (Phi) is 3.71. The molecule has 1 aliphatic rings. The van der Waals surface area contributed by atoms with Gasteiger partial charge in [-0.2, -0.15) is 0 Å². The van der Waals surface area contributed by atoms with E-state index < -0.39 is 0 Å². The minimum absolute atomic E-state index is 0.159. The van der Waals surface area contributed by atoms with Crippen LogP contribution in [0.15, 0.2) is 0 Å². The van der Waals surface area contributed by atoms with Gasteiger partial charge >= 0.3 is 0 Å². The minimum atomic E-state index is -0.169. The van der Waals surface area contributed by atoms with Crippen molar-refractivity contribution in [2.24, 2.45) is 5.73 Å². The molecule has 3 atom stereocenters. The van der Waals surface area contributed by atoms with Crippen molar-refractivity contribution in [2.75, 3.05) is 13.7 Å². The monoisotopic (exact) mass is 187 g/mol. The number of nitrogens with two attached hydrogens (primary N) is 1. The van der Waals surface area contributed by atoms with E-state index in [1.807, 2.05) is 0 Å². The van der Waals surface area contributed by atoms with E-state index in [4.69, 9.17) is 15.2 Å². The van der Waals surface area contributed by atoms with Crippen molar-refractivity contribution in [3.8, 4) is 0 Å². The van der Waals surface area contributed by atoms with Gasteiger partial charge in [0, 0.05) is 19.8 Å². The fourth-order valence-corrected chi connectivity index (χ4v) is 1.75. The Balaban J connectivity index is 2.57. The summed E-state index contributed by atoms with van der Waals surface area (Å²) in [6, 6.07) is 0.278. The topological polar surface area (TPSA) is 44.5 Å². The summed E-state index contributed by atoms with van der Waals surface area (Å²) in [4.78, 5) is 0. The Morgan fingerprint density at radius 2 is 2.31 bits per heavy atom. The fourth-order valence-electron chi connectivity index (χ4n) is 1.75. The highest BCUT2D eigenvalue weighted by Gasteiger charge is 2.36. The third-order valence-electron chi connectivity index (χ3n) is 3.17. The third kappa shape index (κ3) is 2.42. The molecule has 78 valence electrons. The molecule has 0 aromatic carbocycles. The normalized spacial score (nSPS) is 34.2. The predicted molar refractivity (Wildman–Crippen MR) is 52.7 cm³/mol. The van der Waals surface area contributed by atoms with Gasteiger partial charge in [-0.05, 0) is 26.2 Å². The van der Waals surface area contributed by atoms with E-state index in [0.717, 1.165) is 25.9 Å². The van der Waals surface area contributed by atoms with E-state index in [2.05, 4.69) is 13.8 Å². The first-order chi connectivity index (χ1) is 6.12. The number of hydrogen-bond acceptors (Lipinski definition) is 3. The average molecular weight is 187 g/mol. The summed E-state index contributed by atoms with van der Waals surface area (Å²) in [5.41, 5.74) is 5.73. The second-order valence-electron chi connectivity index (χ2n) is 4.01. The van der Waals surface area contributed by atoms with E-state index in [0.29, 0.717) is 0 Å². The van der Waals surface area contributed by atoms with Crippen molar-refractivity contribution < 1.29 is 9.47 Å². The van der Waals surface area contributed by atoms with Crippen molar-refractivity contribution in [3.63, 3.8) is 0 Å². The van der Waals surface area contributed by atoms with Crippen molar-refractivity contribution >= 4 is 0 Å². The van der Waals surface area contributed by atoms with Crippen LogP contribution in [0.5, 0.6) is 0 Å². The quantitative estimate of drug-likeness (QED) is 0.724. The van der Waals surface area contributed by atoms with Crippen molar-refractivity contribution in [1.82, 2.24) is 0 Å². The molecular weight excluding hydrogens is 166 g/mol. The van der Waals surface area contributed by atoms with Crippen molar-refractivity contribution in [3.05, 3.63) is 0 Å². The highest BCUT2D eigenvalue weighted by molar-refractivity contribution is 4.88. The molecule has 1 heterocycles. The summed E-state index contributed by atoms with van der Waals surface area (Å²) in [6.45, 7) is 4.98. The molecular formula is C10H21NO2. The largest absolute Gasteiger partial charge is 0.376 e. The molecule has 2 N–H and O–H groups in total. The maximum absolute atomic E-state index is 5.90. The summed E-state index contributed by atoms with van der Waals surface area (Å²) in [5, 5.41) is 0. The first-order valence-electron chi connectivity index (χ1n) is 5.04. The number of hydrogen-bond donors (Lipinski definition) is 1. The molecule has 0 amide bonds. The van der Waals surface area contributed by atoms with Gasteiger partial charge in [0.2, 0.25) is 0 Å². The zero-order valence-electron chi connectivity index (χ0n) is 8.88. The molecule has 0 saturated carbocycles. The van der Waals surface area contributed by atoms with Gasteiger partial charge in [0.05, 0.1) is 11.7 Å². The summed E-state index contributed by atoms with van der Waals surface area (Å²) < 4.78 is 11.2. The molecule has 0 aromatic rings. The first kappa shape index (κ1) is 11.0. The summed E-state index contributed by atoms with van der Waals surface area (Å²) in [5.74, 6) is 0. The van der Waals surface area contributed by atoms with E-state index in [9.17, 15) is 0 Å². The smallest absolute Gasteiger partial charge is 0.0909 e. The molecule has 1 rings (SSSR count). The molecule has 0 radical (unpaired) electrons. The molecule has 0 bridgehead atoms. The molecule has 1 saturated heterocycles. The van der Waals surface area contributed by atoms with Gasteiger partial charge in [0.25, 0.3) is 0 Å². The second kappa shape index (κ2) is 4.40. The number of ether oxygens (including phenoxy) is 2. The Morgan fingerprint density at radius 3 is 2.77 bits per heavy atom. The van der Waals surface area contributed by atoms with Crippen LogP contribution >= 0.6 is 0 Å². The highest BCUT2D eigenvalue weighted by atomic mass is 16.5. The lowest BCUT2D eigenvalue weighted by Crippen LogP contribution is -2.48. The van der Waals surface area contributed by atoms with E-state index in [1.165, 1.54) is 0 Å². The highest BCUT2D eigenvalue weighted by Crippen LogP contribution is 2.28. The SMILES string of the molecule is CCC(C)(OC)C1CC(N)CCO1. The van der Waals surface area contributed by atoms with E-state index in [1.54, 1.807) is 7.11 Å². The molecule has 1 fully saturated rings. The van der Waals surface area contributed by atoms with Crippen LogP contribution in [-0.2, 0) is 9.47 Å². The van der Waals surface area contributed by atoms with Gasteiger partial charge in [0.1, 0.15) is 0 Å². The van der Waals surface area contributed by atoms with Crippen LogP contribution in [-0.4, -0.2) is 31.5 Å². The molecule has 3 heteroatoms. The van der Waals surface area contributed by atoms with Crippen molar-refractivity contribution in [2.45, 2.75) is 50.9 Å². The molecule has 13 heavy (non-hydrogen) atoms. The van der Waals surface area contributed by atoms with Crippen LogP contribution in [0.1, 0.15) is 33.1 Å². The Hall–Kier alpha value is -0.120. The molecule has 0 aliphatic carbocycles. The summed E-state index contributed by atoms with van der Waals surface area (Å²) in [6.07, 6.45) is 3.00. The number of rotatable bonds is 3. The Morgan fingerprint density at radius 1 is 1.62 bits per heavy atom. The molecule has 1 aliphatic heterocycles. The van der Waals surface area contributed by atoms with Crippen LogP contribution in [0.2, 0.25) is 0 Å². The fraction of sp³-hybridized carbons (Fsp3) is 1.00. The van der Waals surface area contributed by atoms with Gasteiger partial charge in [-0.1, -0.05) is 6.92 Å². The predicted octanol–water partition coefficient (Wildman–Crippen LogP) is 1.31. The number of methoxy groups -OCH3 is 1. The molecule has 3 unspecified atom stereocenters. The van der Waals surface area contributed by atoms with Gasteiger partial charge < -0.3 is 15.2 Å². The van der Waals surface area contributed by atoms with Crippen LogP contribution in [0.25, 0.3) is 0 Å². The second-order valence-corrected chi connectivity index (χ2v) is 4.01. The average Bonchev–Trinajstić information content (AvgIpc) is 2.17. The zero-order chi connectivity index (χ0) is 9.90. The Bertz CT molecular complexity index is 157. The lowest BCUT2D eigenvalue weighted by Gasteiger charge is -2.39. The zero-order valence-corrected chi connectivity index (χ0v) is 8.88. The van der Waals surface area contributed by atoms with Gasteiger partial charge in [-0.3, -0.25) is 0 Å². The maximum Gasteiger partial charge on any atom is 0.0909 e. The van der Waals surface area contributed by atoms with Gasteiger partial charge in [-0.15, -0.1) is 0 Å². The van der Waals surface area contributed by atoms with Crippen LogP contribution in [0.4, 0.5) is 0 Å². The van der Waals surface area contributed by atoms with Crippen LogP contribution < -0.4 is 5.73 Å². The third-order valence-corrected chi connectivity index (χ3v) is 3.17. The standard InChI is InChI=1S/C10H21NO2/c1-4-10(2,12-3)9-7-8(11)5-6-13-9/h8-9H,4-7,11H2,1-3H3. The lowest BCUT2D eigenvalue weighted by molar-refractivity contribution is -0.140. The van der Waals surface area contributed by atoms with E-state index >= 15 is 0 Å². The summed E-state index contributed by atoms with van der Waals surface area (Å²) in [7, 11) is 1.74. The van der Waals surface area contributed by atoms with Gasteiger partial charge in [-0.25, -0.2) is 0 Å². The lowest BCUT2D eigenvalue weighted by atomic mass is 9.88. The van der Waals surface area contributed by atoms with Crippen molar-refractivity contribution in [1.29, 1.82) is 0 Å². The van der Waals surface area contributed by atoms with Gasteiger partial charge in [0.15, 0.2) is 0 Å². The molecule has 3 nitrogen and oxygen atoms in total. The maximum atomic E-state index is 5.90. The minimum Gasteiger partial charge on any atom is -0.376 e. The van der Waals surface area contributed by atoms with E-state index in [-0.39, 0.29) is 17.7 Å². The molecule has 0 spiro atoms. The van der Waals surface area contributed by atoms with Crippen LogP contribution in [0.3, 0.4) is 0 Å².